The zero-order valence-corrected chi connectivity index (χ0v) is 10.7. The molecule has 18 heavy (non-hydrogen) atoms. The third-order valence-electron chi connectivity index (χ3n) is 3.16. The van der Waals surface area contributed by atoms with E-state index in [1.165, 1.54) is 11.1 Å². The first kappa shape index (κ1) is 11.0. The Labute approximate surface area is 107 Å². The summed E-state index contributed by atoms with van der Waals surface area (Å²) in [6.07, 6.45) is 0. The van der Waals surface area contributed by atoms with Crippen LogP contribution in [0.1, 0.15) is 25.5 Å². The summed E-state index contributed by atoms with van der Waals surface area (Å²) in [6.45, 7) is 4.42. The first-order valence-corrected chi connectivity index (χ1v) is 6.30. The van der Waals surface area contributed by atoms with Gasteiger partial charge in [0.2, 0.25) is 0 Å². The molecule has 3 aromatic rings. The quantitative estimate of drug-likeness (QED) is 0.653. The van der Waals surface area contributed by atoms with Gasteiger partial charge in [-0.05, 0) is 24.1 Å². The molecule has 0 aliphatic carbocycles. The lowest BCUT2D eigenvalue weighted by atomic mass is 10.1. The summed E-state index contributed by atoms with van der Waals surface area (Å²) >= 11 is 0. The average molecular weight is 236 g/mol. The minimum absolute atomic E-state index is 0.442. The second-order valence-corrected chi connectivity index (χ2v) is 4.80. The number of hydrogen-bond acceptors (Lipinski definition) is 1. The third kappa shape index (κ3) is 1.70. The maximum atomic E-state index is 4.72. The molecule has 0 spiro atoms. The molecule has 0 bridgehead atoms. The van der Waals surface area contributed by atoms with E-state index in [2.05, 4.69) is 48.9 Å². The van der Waals surface area contributed by atoms with Crippen LogP contribution in [-0.2, 0) is 0 Å². The normalized spacial score (nSPS) is 11.3. The van der Waals surface area contributed by atoms with E-state index < -0.39 is 0 Å². The van der Waals surface area contributed by atoms with Gasteiger partial charge in [-0.25, -0.2) is 4.68 Å². The lowest BCUT2D eigenvalue weighted by molar-refractivity contribution is 0.742. The van der Waals surface area contributed by atoms with Gasteiger partial charge in [0.1, 0.15) is 0 Å². The van der Waals surface area contributed by atoms with Crippen molar-refractivity contribution in [3.8, 4) is 5.69 Å². The molecule has 0 aliphatic rings. The maximum Gasteiger partial charge on any atom is 0.0930 e. The van der Waals surface area contributed by atoms with E-state index in [9.17, 15) is 0 Å². The summed E-state index contributed by atoms with van der Waals surface area (Å²) in [5, 5.41) is 5.97. The second-order valence-electron chi connectivity index (χ2n) is 4.80. The molecule has 2 heteroatoms. The molecule has 0 fully saturated rings. The molecule has 2 nitrogen and oxygen atoms in total. The number of aromatic nitrogens is 2. The Bertz CT molecular complexity index is 666. The molecular weight excluding hydrogens is 220 g/mol. The van der Waals surface area contributed by atoms with Crippen LogP contribution in [0.4, 0.5) is 0 Å². The van der Waals surface area contributed by atoms with Crippen molar-refractivity contribution >= 4 is 10.9 Å². The standard InChI is InChI=1S/C16H16N2/c1-12(2)16-14-10-6-7-11-15(14)17-18(16)13-8-4-3-5-9-13/h3-12H,1-2H3. The van der Waals surface area contributed by atoms with Crippen LogP contribution in [0.2, 0.25) is 0 Å². The van der Waals surface area contributed by atoms with Gasteiger partial charge in [0.05, 0.1) is 16.9 Å². The van der Waals surface area contributed by atoms with Crippen LogP contribution in [0, 0.1) is 0 Å². The smallest absolute Gasteiger partial charge is 0.0930 e. The topological polar surface area (TPSA) is 17.8 Å². The molecule has 0 saturated carbocycles. The van der Waals surface area contributed by atoms with E-state index in [-0.39, 0.29) is 0 Å². The molecule has 1 heterocycles. The zero-order chi connectivity index (χ0) is 12.5. The molecular formula is C16H16N2. The summed E-state index contributed by atoms with van der Waals surface area (Å²) in [5.74, 6) is 0.442. The lowest BCUT2D eigenvalue weighted by Gasteiger charge is -2.10. The van der Waals surface area contributed by atoms with Crippen LogP contribution in [0.3, 0.4) is 0 Å². The van der Waals surface area contributed by atoms with Crippen LogP contribution in [0.15, 0.2) is 54.6 Å². The summed E-state index contributed by atoms with van der Waals surface area (Å²) in [7, 11) is 0. The second kappa shape index (κ2) is 4.30. The minimum atomic E-state index is 0.442. The Balaban J connectivity index is 2.32. The van der Waals surface area contributed by atoms with Gasteiger partial charge in [0.25, 0.3) is 0 Å². The first-order valence-electron chi connectivity index (χ1n) is 6.30. The van der Waals surface area contributed by atoms with Crippen molar-refractivity contribution in [1.29, 1.82) is 0 Å². The maximum absolute atomic E-state index is 4.72. The number of para-hydroxylation sites is 1. The molecule has 0 atom stereocenters. The van der Waals surface area contributed by atoms with Gasteiger partial charge in [0.15, 0.2) is 0 Å². The number of hydrogen-bond donors (Lipinski definition) is 0. The molecule has 1 aromatic heterocycles. The van der Waals surface area contributed by atoms with Crippen molar-refractivity contribution < 1.29 is 0 Å². The summed E-state index contributed by atoms with van der Waals surface area (Å²) in [4.78, 5) is 0. The van der Waals surface area contributed by atoms with Crippen molar-refractivity contribution in [2.75, 3.05) is 0 Å². The Kier molecular flexibility index (Phi) is 2.63. The fourth-order valence-electron chi connectivity index (χ4n) is 2.37. The predicted octanol–water partition coefficient (Wildman–Crippen LogP) is 4.15. The van der Waals surface area contributed by atoms with E-state index in [1.54, 1.807) is 0 Å². The minimum Gasteiger partial charge on any atom is -0.236 e. The van der Waals surface area contributed by atoms with Crippen LogP contribution in [0.5, 0.6) is 0 Å². The van der Waals surface area contributed by atoms with E-state index >= 15 is 0 Å². The Morgan fingerprint density at radius 2 is 1.56 bits per heavy atom. The third-order valence-corrected chi connectivity index (χ3v) is 3.16. The van der Waals surface area contributed by atoms with Gasteiger partial charge in [0, 0.05) is 5.39 Å². The van der Waals surface area contributed by atoms with Crippen molar-refractivity contribution in [3.63, 3.8) is 0 Å². The number of rotatable bonds is 2. The molecule has 0 N–H and O–H groups in total. The van der Waals surface area contributed by atoms with Gasteiger partial charge < -0.3 is 0 Å². The van der Waals surface area contributed by atoms with Gasteiger partial charge in [-0.1, -0.05) is 50.2 Å². The first-order chi connectivity index (χ1) is 8.77. The van der Waals surface area contributed by atoms with E-state index in [1.807, 2.05) is 24.3 Å². The van der Waals surface area contributed by atoms with Gasteiger partial charge in [-0.2, -0.15) is 5.10 Å². The lowest BCUT2D eigenvalue weighted by Crippen LogP contribution is -2.03. The van der Waals surface area contributed by atoms with Gasteiger partial charge in [-0.3, -0.25) is 0 Å². The van der Waals surface area contributed by atoms with Crippen LogP contribution < -0.4 is 0 Å². The molecule has 0 amide bonds. The monoisotopic (exact) mass is 236 g/mol. The highest BCUT2D eigenvalue weighted by atomic mass is 15.3. The SMILES string of the molecule is CC(C)c1c2ccccc2nn1-c1ccccc1. The molecule has 0 saturated heterocycles. The van der Waals surface area contributed by atoms with Crippen LogP contribution in [0.25, 0.3) is 16.6 Å². The van der Waals surface area contributed by atoms with Crippen molar-refractivity contribution in [3.05, 3.63) is 60.3 Å². The molecule has 90 valence electrons. The largest absolute Gasteiger partial charge is 0.236 e. The van der Waals surface area contributed by atoms with Crippen molar-refractivity contribution in [1.82, 2.24) is 9.78 Å². The van der Waals surface area contributed by atoms with Crippen LogP contribution >= 0.6 is 0 Å². The molecule has 0 radical (unpaired) electrons. The fraction of sp³-hybridized carbons (Fsp3) is 0.188. The highest BCUT2D eigenvalue weighted by Gasteiger charge is 2.14. The van der Waals surface area contributed by atoms with Crippen LogP contribution in [-0.4, -0.2) is 9.78 Å². The molecule has 3 rings (SSSR count). The summed E-state index contributed by atoms with van der Waals surface area (Å²) < 4.78 is 2.06. The summed E-state index contributed by atoms with van der Waals surface area (Å²) in [6, 6.07) is 18.6. The average Bonchev–Trinajstić information content (AvgIpc) is 2.79. The number of benzene rings is 2. The van der Waals surface area contributed by atoms with Gasteiger partial charge >= 0.3 is 0 Å². The molecule has 0 aliphatic heterocycles. The van der Waals surface area contributed by atoms with Gasteiger partial charge in [-0.15, -0.1) is 0 Å². The number of fused-ring (bicyclic) bond motifs is 1. The molecule has 2 aromatic carbocycles. The van der Waals surface area contributed by atoms with E-state index in [4.69, 9.17) is 5.10 Å². The molecule has 0 unspecified atom stereocenters. The fourth-order valence-corrected chi connectivity index (χ4v) is 2.37. The highest BCUT2D eigenvalue weighted by molar-refractivity contribution is 5.82. The van der Waals surface area contributed by atoms with E-state index in [0.717, 1.165) is 11.2 Å². The van der Waals surface area contributed by atoms with Crippen molar-refractivity contribution in [2.24, 2.45) is 0 Å². The Morgan fingerprint density at radius 1 is 0.889 bits per heavy atom. The van der Waals surface area contributed by atoms with E-state index in [0.29, 0.717) is 5.92 Å². The highest BCUT2D eigenvalue weighted by Crippen LogP contribution is 2.27. The van der Waals surface area contributed by atoms with Crippen molar-refractivity contribution in [2.45, 2.75) is 19.8 Å². The Hall–Kier alpha value is -2.09. The zero-order valence-electron chi connectivity index (χ0n) is 10.7. The number of nitrogens with zero attached hydrogens (tertiary/aromatic N) is 2. The predicted molar refractivity (Wildman–Crippen MR) is 75.2 cm³/mol. The Morgan fingerprint density at radius 3 is 2.28 bits per heavy atom. The summed E-state index contributed by atoms with van der Waals surface area (Å²) in [5.41, 5.74) is 3.46.